The highest BCUT2D eigenvalue weighted by Crippen LogP contribution is 2.22. The highest BCUT2D eigenvalue weighted by molar-refractivity contribution is 7.89. The SMILES string of the molecule is NCCCCCCNS(=O)(=O)c1cccc2ccccc12.[Cl-]. The largest absolute Gasteiger partial charge is 1.00 e. The third-order valence-electron chi connectivity index (χ3n) is 3.46. The molecular weight excluding hydrogens is 320 g/mol. The normalized spacial score (nSPS) is 11.3. The van der Waals surface area contributed by atoms with Crippen molar-refractivity contribution in [1.82, 2.24) is 4.72 Å². The summed E-state index contributed by atoms with van der Waals surface area (Å²) in [6, 6.07) is 12.9. The van der Waals surface area contributed by atoms with Gasteiger partial charge in [-0.3, -0.25) is 0 Å². The summed E-state index contributed by atoms with van der Waals surface area (Å²) in [7, 11) is -3.45. The van der Waals surface area contributed by atoms with Gasteiger partial charge in [-0.05, 0) is 30.8 Å². The van der Waals surface area contributed by atoms with E-state index in [9.17, 15) is 8.42 Å². The molecule has 0 aliphatic heterocycles. The Morgan fingerprint density at radius 3 is 2.36 bits per heavy atom. The molecule has 0 amide bonds. The molecule has 0 unspecified atom stereocenters. The molecule has 0 aliphatic rings. The molecule has 0 aromatic heterocycles. The zero-order valence-electron chi connectivity index (χ0n) is 12.5. The van der Waals surface area contributed by atoms with Crippen LogP contribution in [0.1, 0.15) is 25.7 Å². The lowest BCUT2D eigenvalue weighted by atomic mass is 10.1. The number of halogens is 1. The van der Waals surface area contributed by atoms with Crippen molar-refractivity contribution in [3.05, 3.63) is 42.5 Å². The van der Waals surface area contributed by atoms with Crippen molar-refractivity contribution >= 4 is 20.8 Å². The van der Waals surface area contributed by atoms with Crippen LogP contribution in [0.15, 0.2) is 47.4 Å². The Morgan fingerprint density at radius 1 is 0.909 bits per heavy atom. The molecule has 2 aromatic carbocycles. The maximum absolute atomic E-state index is 12.4. The summed E-state index contributed by atoms with van der Waals surface area (Å²) in [5.41, 5.74) is 5.43. The van der Waals surface area contributed by atoms with Crippen LogP contribution in [0.2, 0.25) is 0 Å². The average Bonchev–Trinajstić information content (AvgIpc) is 2.50. The van der Waals surface area contributed by atoms with E-state index in [4.69, 9.17) is 5.73 Å². The van der Waals surface area contributed by atoms with Crippen molar-refractivity contribution in [2.24, 2.45) is 5.73 Å². The molecule has 0 atom stereocenters. The van der Waals surface area contributed by atoms with E-state index < -0.39 is 10.0 Å². The van der Waals surface area contributed by atoms with Gasteiger partial charge in [0.1, 0.15) is 0 Å². The van der Waals surface area contributed by atoms with E-state index >= 15 is 0 Å². The van der Waals surface area contributed by atoms with Crippen LogP contribution in [0.25, 0.3) is 10.8 Å². The third-order valence-corrected chi connectivity index (χ3v) is 4.98. The molecule has 2 rings (SSSR count). The predicted octanol–water partition coefficient (Wildman–Crippen LogP) is -0.359. The average molecular weight is 342 g/mol. The second kappa shape index (κ2) is 9.10. The van der Waals surface area contributed by atoms with Crippen LogP contribution in [0.4, 0.5) is 0 Å². The van der Waals surface area contributed by atoms with Crippen LogP contribution < -0.4 is 22.9 Å². The molecule has 0 aliphatic carbocycles. The van der Waals surface area contributed by atoms with Crippen LogP contribution in [0.3, 0.4) is 0 Å². The van der Waals surface area contributed by atoms with Gasteiger partial charge in [0.25, 0.3) is 0 Å². The number of benzene rings is 2. The highest BCUT2D eigenvalue weighted by Gasteiger charge is 2.15. The molecule has 0 radical (unpaired) electrons. The zero-order valence-corrected chi connectivity index (χ0v) is 14.0. The topological polar surface area (TPSA) is 72.2 Å². The van der Waals surface area contributed by atoms with E-state index in [2.05, 4.69) is 4.72 Å². The molecule has 0 spiro atoms. The van der Waals surface area contributed by atoms with Gasteiger partial charge in [0, 0.05) is 11.9 Å². The van der Waals surface area contributed by atoms with Crippen LogP contribution in [0.5, 0.6) is 0 Å². The molecule has 22 heavy (non-hydrogen) atoms. The van der Waals surface area contributed by atoms with E-state index in [0.29, 0.717) is 18.0 Å². The fourth-order valence-electron chi connectivity index (χ4n) is 2.34. The minimum Gasteiger partial charge on any atom is -1.00 e. The Morgan fingerprint density at radius 2 is 1.59 bits per heavy atom. The lowest BCUT2D eigenvalue weighted by Gasteiger charge is -2.09. The van der Waals surface area contributed by atoms with Gasteiger partial charge in [-0.1, -0.05) is 49.2 Å². The zero-order chi connectivity index (χ0) is 15.1. The first kappa shape index (κ1) is 18.9. The maximum Gasteiger partial charge on any atom is 0.241 e. The summed E-state index contributed by atoms with van der Waals surface area (Å²) in [5, 5.41) is 1.69. The second-order valence-corrected chi connectivity index (χ2v) is 6.81. The number of nitrogens with two attached hydrogens (primary N) is 1. The molecule has 0 fully saturated rings. The molecule has 6 heteroatoms. The standard InChI is InChI=1S/C16H22N2O2S.ClH/c17-12-5-1-2-6-13-18-21(19,20)16-11-7-9-14-8-3-4-10-15(14)16;/h3-4,7-11,18H,1-2,5-6,12-13,17H2;1H/p-1. The van der Waals surface area contributed by atoms with E-state index in [1.54, 1.807) is 12.1 Å². The Labute approximate surface area is 138 Å². The lowest BCUT2D eigenvalue weighted by Crippen LogP contribution is -3.00. The lowest BCUT2D eigenvalue weighted by molar-refractivity contribution is -0.00000693. The van der Waals surface area contributed by atoms with Crippen molar-refractivity contribution in [2.75, 3.05) is 13.1 Å². The van der Waals surface area contributed by atoms with E-state index in [1.807, 2.05) is 30.3 Å². The summed E-state index contributed by atoms with van der Waals surface area (Å²) < 4.78 is 27.5. The van der Waals surface area contributed by atoms with Gasteiger partial charge in [-0.25, -0.2) is 13.1 Å². The maximum atomic E-state index is 12.4. The first-order valence-corrected chi connectivity index (χ1v) is 8.81. The molecule has 0 heterocycles. The first-order valence-electron chi connectivity index (χ1n) is 7.32. The summed E-state index contributed by atoms with van der Waals surface area (Å²) in [6.07, 6.45) is 3.88. The summed E-state index contributed by atoms with van der Waals surface area (Å²) in [5.74, 6) is 0. The Hall–Kier alpha value is -1.14. The van der Waals surface area contributed by atoms with Crippen molar-refractivity contribution in [1.29, 1.82) is 0 Å². The number of hydrogen-bond acceptors (Lipinski definition) is 3. The second-order valence-electron chi connectivity index (χ2n) is 5.08. The molecule has 0 bridgehead atoms. The van der Waals surface area contributed by atoms with Gasteiger partial charge in [0.05, 0.1) is 4.90 Å². The Bertz CT molecular complexity index is 684. The minimum atomic E-state index is -3.45. The molecular formula is C16H22ClN2O2S-. The van der Waals surface area contributed by atoms with Gasteiger partial charge in [0.15, 0.2) is 0 Å². The summed E-state index contributed by atoms with van der Waals surface area (Å²) in [6.45, 7) is 1.16. The van der Waals surface area contributed by atoms with Gasteiger partial charge >= 0.3 is 0 Å². The molecule has 0 saturated carbocycles. The van der Waals surface area contributed by atoms with Gasteiger partial charge < -0.3 is 18.1 Å². The number of nitrogens with one attached hydrogen (secondary N) is 1. The minimum absolute atomic E-state index is 0. The predicted molar refractivity (Wildman–Crippen MR) is 86.7 cm³/mol. The number of rotatable bonds is 8. The molecule has 122 valence electrons. The van der Waals surface area contributed by atoms with Gasteiger partial charge in [0.2, 0.25) is 10.0 Å². The number of unbranched alkanes of at least 4 members (excludes halogenated alkanes) is 3. The third kappa shape index (κ3) is 4.95. The Balaban J connectivity index is 0.00000242. The Kier molecular flexibility index (Phi) is 7.82. The first-order chi connectivity index (χ1) is 10.1. The van der Waals surface area contributed by atoms with E-state index in [-0.39, 0.29) is 12.4 Å². The van der Waals surface area contributed by atoms with Crippen LogP contribution in [-0.4, -0.2) is 21.5 Å². The fraction of sp³-hybridized carbons (Fsp3) is 0.375. The fourth-order valence-corrected chi connectivity index (χ4v) is 3.64. The van der Waals surface area contributed by atoms with Gasteiger partial charge in [-0.2, -0.15) is 0 Å². The summed E-state index contributed by atoms with van der Waals surface area (Å²) in [4.78, 5) is 0.350. The van der Waals surface area contributed by atoms with Gasteiger partial charge in [-0.15, -0.1) is 0 Å². The van der Waals surface area contributed by atoms with Crippen LogP contribution in [-0.2, 0) is 10.0 Å². The number of hydrogen-bond donors (Lipinski definition) is 2. The van der Waals surface area contributed by atoms with Crippen molar-refractivity contribution in [2.45, 2.75) is 30.6 Å². The van der Waals surface area contributed by atoms with E-state index in [0.717, 1.165) is 36.5 Å². The summed E-state index contributed by atoms with van der Waals surface area (Å²) >= 11 is 0. The molecule has 2 aromatic rings. The number of sulfonamides is 1. The van der Waals surface area contributed by atoms with E-state index in [1.165, 1.54) is 0 Å². The monoisotopic (exact) mass is 341 g/mol. The number of fused-ring (bicyclic) bond motifs is 1. The molecule has 4 nitrogen and oxygen atoms in total. The highest BCUT2D eigenvalue weighted by atomic mass is 35.5. The van der Waals surface area contributed by atoms with Crippen molar-refractivity contribution in [3.63, 3.8) is 0 Å². The van der Waals surface area contributed by atoms with Crippen LogP contribution >= 0.6 is 0 Å². The smallest absolute Gasteiger partial charge is 0.241 e. The molecule has 3 N–H and O–H groups in total. The van der Waals surface area contributed by atoms with Crippen molar-refractivity contribution < 1.29 is 20.8 Å². The molecule has 0 saturated heterocycles. The van der Waals surface area contributed by atoms with Crippen LogP contribution in [0, 0.1) is 0 Å². The van der Waals surface area contributed by atoms with Crippen molar-refractivity contribution in [3.8, 4) is 0 Å². The quantitative estimate of drug-likeness (QED) is 0.644.